The summed E-state index contributed by atoms with van der Waals surface area (Å²) in [4.78, 5) is 40.1. The largest absolute Gasteiger partial charge is 0.377 e. The van der Waals surface area contributed by atoms with Crippen molar-refractivity contribution in [2.75, 3.05) is 38.2 Å². The topological polar surface area (TPSA) is 124 Å². The lowest BCUT2D eigenvalue weighted by Crippen LogP contribution is -2.55. The molecule has 4 heterocycles. The van der Waals surface area contributed by atoms with Gasteiger partial charge in [0.25, 0.3) is 11.8 Å². The number of thiazole rings is 1. The Bertz CT molecular complexity index is 1030. The number of aromatic nitrogens is 3. The van der Waals surface area contributed by atoms with Crippen molar-refractivity contribution in [2.24, 2.45) is 0 Å². The number of ether oxygens (including phenoxy) is 1. The molecule has 2 atom stereocenters. The third kappa shape index (κ3) is 7.02. The Morgan fingerprint density at radius 3 is 2.53 bits per heavy atom. The normalized spacial score (nSPS) is 20.3. The second kappa shape index (κ2) is 13.8. The first-order valence-electron chi connectivity index (χ1n) is 11.7. The van der Waals surface area contributed by atoms with E-state index in [1.807, 2.05) is 13.8 Å². The van der Waals surface area contributed by atoms with Gasteiger partial charge < -0.3 is 30.6 Å². The summed E-state index contributed by atoms with van der Waals surface area (Å²) >= 11 is 7.48. The highest BCUT2D eigenvalue weighted by Crippen LogP contribution is 2.29. The molecule has 202 valence electrons. The SMILES string of the molecule is CCc1[nH]c(C(=O)N[C@H]2CCN(c3nc(C)c(C(=O)NC4CCNCC4)s3)C[C@H]2OC)nc1Cl.Cl.Cl. The van der Waals surface area contributed by atoms with Crippen LogP contribution in [0.5, 0.6) is 0 Å². The first kappa shape index (κ1) is 30.6. The van der Waals surface area contributed by atoms with Gasteiger partial charge in [-0.05, 0) is 45.7 Å². The number of carbonyl (C=O) groups is 2. The molecule has 36 heavy (non-hydrogen) atoms. The molecule has 2 aromatic rings. The Labute approximate surface area is 232 Å². The van der Waals surface area contributed by atoms with Gasteiger partial charge in [-0.1, -0.05) is 29.9 Å². The van der Waals surface area contributed by atoms with Gasteiger partial charge in [0.15, 0.2) is 16.1 Å². The average Bonchev–Trinajstić information content (AvgIpc) is 3.42. The van der Waals surface area contributed by atoms with Crippen LogP contribution in [0.4, 0.5) is 5.13 Å². The standard InChI is InChI=1S/C22H32ClN7O3S.2ClH/c1-4-14-18(23)29-19(27-14)21(32)28-15-7-10-30(11-16(15)33-3)22-25-12(2)17(34-22)20(31)26-13-5-8-24-9-6-13;;/h13,15-16,24H,4-11H2,1-3H3,(H,26,31)(H,27,29)(H,28,32);2*1H/t15-,16+;;/m0../s1. The highest BCUT2D eigenvalue weighted by atomic mass is 35.5. The number of hydrogen-bond acceptors (Lipinski definition) is 8. The number of aryl methyl sites for hydroxylation is 2. The fourth-order valence-electron chi connectivity index (χ4n) is 4.41. The molecule has 4 rings (SSSR count). The third-order valence-corrected chi connectivity index (χ3v) is 7.94. The van der Waals surface area contributed by atoms with E-state index in [2.05, 4.69) is 35.8 Å². The molecular formula is C22H34Cl3N7O3S. The molecule has 0 aromatic carbocycles. The molecule has 0 unspecified atom stereocenters. The minimum Gasteiger partial charge on any atom is -0.377 e. The van der Waals surface area contributed by atoms with Crippen molar-refractivity contribution >= 4 is 64.7 Å². The fourth-order valence-corrected chi connectivity index (χ4v) is 5.68. The van der Waals surface area contributed by atoms with Gasteiger partial charge in [0.05, 0.1) is 23.5 Å². The molecule has 2 saturated heterocycles. The Morgan fingerprint density at radius 2 is 1.89 bits per heavy atom. The van der Waals surface area contributed by atoms with Crippen molar-refractivity contribution in [3.05, 3.63) is 27.2 Å². The summed E-state index contributed by atoms with van der Waals surface area (Å²) in [5, 5.41) is 10.6. The Balaban J connectivity index is 0.00000228. The van der Waals surface area contributed by atoms with Crippen LogP contribution < -0.4 is 20.9 Å². The number of imidazole rings is 1. The number of rotatable bonds is 7. The predicted octanol–water partition coefficient (Wildman–Crippen LogP) is 2.74. The molecule has 0 spiro atoms. The highest BCUT2D eigenvalue weighted by molar-refractivity contribution is 7.17. The van der Waals surface area contributed by atoms with Gasteiger partial charge in [-0.2, -0.15) is 0 Å². The number of amides is 2. The second-order valence-corrected chi connectivity index (χ2v) is 10.0. The number of carbonyl (C=O) groups excluding carboxylic acids is 2. The summed E-state index contributed by atoms with van der Waals surface area (Å²) in [7, 11) is 1.64. The van der Waals surface area contributed by atoms with Gasteiger partial charge in [0.2, 0.25) is 0 Å². The van der Waals surface area contributed by atoms with Gasteiger partial charge in [0, 0.05) is 26.2 Å². The quantitative estimate of drug-likeness (QED) is 0.396. The van der Waals surface area contributed by atoms with E-state index in [4.69, 9.17) is 16.3 Å². The van der Waals surface area contributed by atoms with E-state index in [1.54, 1.807) is 7.11 Å². The van der Waals surface area contributed by atoms with Crippen molar-refractivity contribution in [3.8, 4) is 0 Å². The molecule has 2 aliphatic rings. The van der Waals surface area contributed by atoms with Crippen LogP contribution in [0.15, 0.2) is 0 Å². The second-order valence-electron chi connectivity index (χ2n) is 8.71. The number of nitrogens with zero attached hydrogens (tertiary/aromatic N) is 3. The van der Waals surface area contributed by atoms with E-state index >= 15 is 0 Å². The van der Waals surface area contributed by atoms with E-state index in [-0.39, 0.29) is 60.6 Å². The summed E-state index contributed by atoms with van der Waals surface area (Å²) in [5.74, 6) is -0.148. The monoisotopic (exact) mass is 581 g/mol. The molecule has 10 nitrogen and oxygen atoms in total. The number of aromatic amines is 1. The summed E-state index contributed by atoms with van der Waals surface area (Å²) in [6.07, 6.45) is 2.99. The van der Waals surface area contributed by atoms with Crippen LogP contribution in [-0.2, 0) is 11.2 Å². The van der Waals surface area contributed by atoms with Crippen LogP contribution in [-0.4, -0.2) is 78.2 Å². The third-order valence-electron chi connectivity index (χ3n) is 6.41. The summed E-state index contributed by atoms with van der Waals surface area (Å²) < 4.78 is 5.71. The number of piperidine rings is 2. The van der Waals surface area contributed by atoms with E-state index in [0.29, 0.717) is 36.0 Å². The van der Waals surface area contributed by atoms with Crippen LogP contribution in [0.3, 0.4) is 0 Å². The molecule has 2 amide bonds. The van der Waals surface area contributed by atoms with Gasteiger partial charge >= 0.3 is 0 Å². The Kier molecular flexibility index (Phi) is 11.7. The Morgan fingerprint density at radius 1 is 1.17 bits per heavy atom. The van der Waals surface area contributed by atoms with E-state index in [9.17, 15) is 9.59 Å². The lowest BCUT2D eigenvalue weighted by atomic mass is 10.0. The maximum atomic E-state index is 12.8. The zero-order chi connectivity index (χ0) is 24.2. The van der Waals surface area contributed by atoms with Crippen LogP contribution >= 0.6 is 47.8 Å². The minimum atomic E-state index is -0.302. The zero-order valence-corrected chi connectivity index (χ0v) is 23.8. The molecule has 0 radical (unpaired) electrons. The maximum absolute atomic E-state index is 12.8. The highest BCUT2D eigenvalue weighted by Gasteiger charge is 2.33. The van der Waals surface area contributed by atoms with E-state index in [1.165, 1.54) is 11.3 Å². The first-order chi connectivity index (χ1) is 16.4. The maximum Gasteiger partial charge on any atom is 0.287 e. The molecule has 0 aliphatic carbocycles. The van der Waals surface area contributed by atoms with E-state index < -0.39 is 0 Å². The van der Waals surface area contributed by atoms with Crippen molar-refractivity contribution in [1.29, 1.82) is 0 Å². The van der Waals surface area contributed by atoms with Crippen molar-refractivity contribution < 1.29 is 14.3 Å². The van der Waals surface area contributed by atoms with Crippen molar-refractivity contribution in [1.82, 2.24) is 30.9 Å². The minimum absolute atomic E-state index is 0. The van der Waals surface area contributed by atoms with Crippen LogP contribution in [0, 0.1) is 6.92 Å². The number of H-pyrrole nitrogens is 1. The first-order valence-corrected chi connectivity index (χ1v) is 12.9. The lowest BCUT2D eigenvalue weighted by Gasteiger charge is -2.37. The molecule has 4 N–H and O–H groups in total. The van der Waals surface area contributed by atoms with Gasteiger partial charge in [-0.25, -0.2) is 9.97 Å². The molecule has 2 fully saturated rings. The lowest BCUT2D eigenvalue weighted by molar-refractivity contribution is 0.0538. The number of nitrogens with one attached hydrogen (secondary N) is 4. The van der Waals surface area contributed by atoms with Crippen LogP contribution in [0.1, 0.15) is 57.9 Å². The molecule has 0 bridgehead atoms. The number of hydrogen-bond donors (Lipinski definition) is 4. The fraction of sp³-hybridized carbons (Fsp3) is 0.636. The predicted molar refractivity (Wildman–Crippen MR) is 147 cm³/mol. The Hall–Kier alpha value is -1.63. The molecule has 0 saturated carbocycles. The van der Waals surface area contributed by atoms with E-state index in [0.717, 1.165) is 42.5 Å². The smallest absolute Gasteiger partial charge is 0.287 e. The van der Waals surface area contributed by atoms with Gasteiger partial charge in [-0.15, -0.1) is 24.8 Å². The zero-order valence-electron chi connectivity index (χ0n) is 20.6. The molecule has 2 aliphatic heterocycles. The molecular weight excluding hydrogens is 549 g/mol. The van der Waals surface area contributed by atoms with Crippen LogP contribution in [0.2, 0.25) is 5.15 Å². The summed E-state index contributed by atoms with van der Waals surface area (Å²) in [6, 6.07) is 0.0276. The molecule has 2 aromatic heterocycles. The number of halogens is 3. The van der Waals surface area contributed by atoms with Crippen molar-refractivity contribution in [2.45, 2.75) is 57.7 Å². The summed E-state index contributed by atoms with van der Waals surface area (Å²) in [5.41, 5.74) is 1.47. The summed E-state index contributed by atoms with van der Waals surface area (Å²) in [6.45, 7) is 6.91. The van der Waals surface area contributed by atoms with Crippen molar-refractivity contribution in [3.63, 3.8) is 0 Å². The van der Waals surface area contributed by atoms with Crippen LogP contribution in [0.25, 0.3) is 0 Å². The average molecular weight is 583 g/mol. The number of anilines is 1. The van der Waals surface area contributed by atoms with Gasteiger partial charge in [-0.3, -0.25) is 9.59 Å². The van der Waals surface area contributed by atoms with Gasteiger partial charge in [0.1, 0.15) is 4.88 Å². The number of methoxy groups -OCH3 is 1. The molecule has 14 heteroatoms.